The number of carbonyl (C=O) groups is 1. The summed E-state index contributed by atoms with van der Waals surface area (Å²) in [6.45, 7) is 5.61. The number of likely N-dealkylation sites (N-methyl/N-ethyl adjacent to an activating group) is 1. The van der Waals surface area contributed by atoms with E-state index in [2.05, 4.69) is 11.5 Å². The molecule has 4 atom stereocenters. The van der Waals surface area contributed by atoms with E-state index in [4.69, 9.17) is 26.3 Å². The van der Waals surface area contributed by atoms with Crippen LogP contribution in [-0.4, -0.2) is 83.3 Å². The number of hydrogen-bond acceptors (Lipinski definition) is 6. The van der Waals surface area contributed by atoms with Crippen LogP contribution in [0, 0.1) is 5.82 Å². The smallest absolute Gasteiger partial charge is 0.319 e. The number of carbonyl (C=O) groups excluding carboxylic acids is 1. The first-order chi connectivity index (χ1) is 20.3. The third-order valence-electron chi connectivity index (χ3n) is 8.97. The summed E-state index contributed by atoms with van der Waals surface area (Å²) in [5.74, 6) is 0.208. The number of halogens is 3. The molecule has 3 aliphatic heterocycles. The van der Waals surface area contributed by atoms with Gasteiger partial charge in [0, 0.05) is 36.4 Å². The molecule has 0 unspecified atom stereocenters. The van der Waals surface area contributed by atoms with Crippen molar-refractivity contribution >= 4 is 45.0 Å². The lowest BCUT2D eigenvalue weighted by molar-refractivity contribution is -0.127. The van der Waals surface area contributed by atoms with Crippen molar-refractivity contribution in [2.75, 3.05) is 38.2 Å². The maximum Gasteiger partial charge on any atom is 0.319 e. The van der Waals surface area contributed by atoms with Gasteiger partial charge in [0.2, 0.25) is 5.91 Å². The number of alkyl halides is 1. The van der Waals surface area contributed by atoms with Crippen molar-refractivity contribution in [1.82, 2.24) is 19.8 Å². The molecule has 3 aliphatic rings. The molecule has 0 radical (unpaired) electrons. The zero-order chi connectivity index (χ0) is 29.1. The fraction of sp³-hybridized carbons (Fsp3) is 0.344. The quantitative estimate of drug-likeness (QED) is 0.271. The number of ether oxygens (including phenoxy) is 1. The van der Waals surface area contributed by atoms with Crippen molar-refractivity contribution < 1.29 is 18.3 Å². The molecule has 10 heteroatoms. The fourth-order valence-corrected chi connectivity index (χ4v) is 7.00. The molecule has 0 spiro atoms. The summed E-state index contributed by atoms with van der Waals surface area (Å²) < 4.78 is 34.6. The zero-order valence-electron chi connectivity index (χ0n) is 23.1. The number of anilines is 1. The second-order valence-electron chi connectivity index (χ2n) is 11.4. The monoisotopic (exact) mass is 589 g/mol. The molecule has 3 fully saturated rings. The Morgan fingerprint density at radius 2 is 2.02 bits per heavy atom. The van der Waals surface area contributed by atoms with Gasteiger partial charge in [-0.25, -0.2) is 8.78 Å². The highest BCUT2D eigenvalue weighted by atomic mass is 35.5. The summed E-state index contributed by atoms with van der Waals surface area (Å²) in [6, 6.07) is 15.1. The van der Waals surface area contributed by atoms with Gasteiger partial charge in [-0.15, -0.1) is 0 Å². The molecule has 0 N–H and O–H groups in total. The van der Waals surface area contributed by atoms with Crippen molar-refractivity contribution in [3.05, 3.63) is 72.0 Å². The average Bonchev–Trinajstić information content (AvgIpc) is 3.49. The number of benzene rings is 3. The van der Waals surface area contributed by atoms with E-state index in [9.17, 15) is 13.6 Å². The lowest BCUT2D eigenvalue weighted by atomic mass is 9.95. The first kappa shape index (κ1) is 27.0. The predicted molar refractivity (Wildman–Crippen MR) is 160 cm³/mol. The van der Waals surface area contributed by atoms with Gasteiger partial charge in [-0.2, -0.15) is 9.97 Å². The van der Waals surface area contributed by atoms with Crippen molar-refractivity contribution in [2.45, 2.75) is 37.1 Å². The molecule has 0 aliphatic carbocycles. The number of hydrogen-bond donors (Lipinski definition) is 0. The molecule has 4 heterocycles. The van der Waals surface area contributed by atoms with Crippen LogP contribution in [-0.2, 0) is 4.79 Å². The molecule has 7 rings (SSSR count). The molecule has 1 amide bonds. The number of amides is 1. The number of nitrogens with zero attached hydrogens (tertiary/aromatic N) is 5. The molecular formula is C32H30ClF2N5O2. The summed E-state index contributed by atoms with van der Waals surface area (Å²) >= 11 is 6.45. The van der Waals surface area contributed by atoms with E-state index in [1.807, 2.05) is 53.2 Å². The van der Waals surface area contributed by atoms with E-state index in [0.29, 0.717) is 37.0 Å². The van der Waals surface area contributed by atoms with Gasteiger partial charge in [-0.05, 0) is 60.7 Å². The van der Waals surface area contributed by atoms with Crippen LogP contribution in [0.25, 0.3) is 32.8 Å². The molecule has 3 aromatic carbocycles. The fourth-order valence-electron chi connectivity index (χ4n) is 6.72. The molecule has 42 heavy (non-hydrogen) atoms. The molecule has 0 bridgehead atoms. The zero-order valence-corrected chi connectivity index (χ0v) is 23.9. The molecule has 1 aromatic heterocycles. The van der Waals surface area contributed by atoms with Crippen LogP contribution in [0.5, 0.6) is 6.01 Å². The Labute approximate surface area is 247 Å². The van der Waals surface area contributed by atoms with Crippen molar-refractivity contribution in [2.24, 2.45) is 0 Å². The Morgan fingerprint density at radius 3 is 2.81 bits per heavy atom. The van der Waals surface area contributed by atoms with Crippen LogP contribution in [0.1, 0.15) is 12.8 Å². The minimum absolute atomic E-state index is 0.0552. The van der Waals surface area contributed by atoms with Crippen LogP contribution >= 0.6 is 11.6 Å². The van der Waals surface area contributed by atoms with Crippen LogP contribution < -0.4 is 9.64 Å². The SMILES string of the molecule is C=CC(=O)N1CC[C@@H]2[C@H]1CN2c1nc(OC[C@@H]2C[C@@H](F)CN2C)nc2cc(-c3cccc4ccc(F)c(Cl)c34)ccc12. The Bertz CT molecular complexity index is 1730. The number of likely N-dealkylation sites (tertiary alicyclic amines) is 2. The van der Waals surface area contributed by atoms with Gasteiger partial charge in [0.1, 0.15) is 24.4 Å². The van der Waals surface area contributed by atoms with Gasteiger partial charge >= 0.3 is 6.01 Å². The maximum absolute atomic E-state index is 14.5. The van der Waals surface area contributed by atoms with E-state index >= 15 is 0 Å². The number of fused-ring (bicyclic) bond motifs is 3. The molecule has 0 saturated carbocycles. The average molecular weight is 590 g/mol. The molecule has 4 aromatic rings. The van der Waals surface area contributed by atoms with Crippen molar-refractivity contribution in [1.29, 1.82) is 0 Å². The first-order valence-electron chi connectivity index (χ1n) is 14.2. The minimum atomic E-state index is -0.877. The second kappa shape index (κ2) is 10.5. The summed E-state index contributed by atoms with van der Waals surface area (Å²) in [7, 11) is 1.89. The number of rotatable bonds is 6. The standard InChI is InChI=1S/C32H30ClF2N5O2/c1-3-28(41)39-12-11-26-27(39)16-40(26)31-23-9-7-19(22-6-4-5-18-8-10-24(35)30(33)29(18)22)13-25(23)36-32(37-31)42-17-21-14-20(34)15-38(21)2/h3-10,13,20-21,26-27H,1,11-12,14-17H2,2H3/t20-,21+,26-,27-/m1/s1. The highest BCUT2D eigenvalue weighted by Gasteiger charge is 2.49. The molecule has 7 nitrogen and oxygen atoms in total. The van der Waals surface area contributed by atoms with Gasteiger partial charge in [0.25, 0.3) is 0 Å². The number of aromatic nitrogens is 2. The van der Waals surface area contributed by atoms with Gasteiger partial charge in [-0.3, -0.25) is 9.69 Å². The van der Waals surface area contributed by atoms with Crippen molar-refractivity contribution in [3.8, 4) is 17.1 Å². The van der Waals surface area contributed by atoms with Crippen LogP contribution in [0.4, 0.5) is 14.6 Å². The highest BCUT2D eigenvalue weighted by molar-refractivity contribution is 6.36. The van der Waals surface area contributed by atoms with E-state index in [1.54, 1.807) is 6.07 Å². The lowest BCUT2D eigenvalue weighted by Crippen LogP contribution is -2.63. The van der Waals surface area contributed by atoms with Gasteiger partial charge in [-0.1, -0.05) is 48.5 Å². The Morgan fingerprint density at radius 1 is 1.17 bits per heavy atom. The summed E-state index contributed by atoms with van der Waals surface area (Å²) in [4.78, 5) is 28.0. The maximum atomic E-state index is 14.5. The van der Waals surface area contributed by atoms with E-state index in [-0.39, 0.29) is 41.7 Å². The summed E-state index contributed by atoms with van der Waals surface area (Å²) in [6.07, 6.45) is 1.72. The third kappa shape index (κ3) is 4.46. The van der Waals surface area contributed by atoms with Crippen molar-refractivity contribution in [3.63, 3.8) is 0 Å². The first-order valence-corrected chi connectivity index (χ1v) is 14.6. The largest absolute Gasteiger partial charge is 0.462 e. The van der Waals surface area contributed by atoms with Crippen LogP contribution in [0.15, 0.2) is 61.2 Å². The topological polar surface area (TPSA) is 61.8 Å². The second-order valence-corrected chi connectivity index (χ2v) is 11.8. The molecular weight excluding hydrogens is 560 g/mol. The predicted octanol–water partition coefficient (Wildman–Crippen LogP) is 5.64. The highest BCUT2D eigenvalue weighted by Crippen LogP contribution is 2.41. The molecule has 216 valence electrons. The Kier molecular flexibility index (Phi) is 6.74. The van der Waals surface area contributed by atoms with E-state index in [0.717, 1.165) is 34.1 Å². The van der Waals surface area contributed by atoms with Crippen LogP contribution in [0.3, 0.4) is 0 Å². The van der Waals surface area contributed by atoms with E-state index in [1.165, 1.54) is 12.1 Å². The lowest BCUT2D eigenvalue weighted by Gasteiger charge is -2.47. The summed E-state index contributed by atoms with van der Waals surface area (Å²) in [5, 5.41) is 2.40. The third-order valence-corrected chi connectivity index (χ3v) is 9.34. The van der Waals surface area contributed by atoms with Gasteiger partial charge in [0.05, 0.1) is 22.6 Å². The Hall–Kier alpha value is -3.82. The minimum Gasteiger partial charge on any atom is -0.462 e. The van der Waals surface area contributed by atoms with Crippen LogP contribution in [0.2, 0.25) is 5.02 Å². The van der Waals surface area contributed by atoms with E-state index < -0.39 is 12.0 Å². The Balaban J connectivity index is 1.29. The molecule has 3 saturated heterocycles. The normalized spacial score (nSPS) is 23.8. The van der Waals surface area contributed by atoms with Gasteiger partial charge < -0.3 is 14.5 Å². The summed E-state index contributed by atoms with van der Waals surface area (Å²) in [5.41, 5.74) is 2.29. The van der Waals surface area contributed by atoms with Gasteiger partial charge in [0.15, 0.2) is 0 Å².